The molecule has 156 valence electrons. The Labute approximate surface area is 181 Å². The molecule has 29 heavy (non-hydrogen) atoms. The third-order valence-electron chi connectivity index (χ3n) is 4.19. The summed E-state index contributed by atoms with van der Waals surface area (Å²) in [4.78, 5) is 0. The standard InChI is InChI=1S/C21H26F2N4S2/c1-21(2,13-26-19(28)24-11-15-3-7-17(22)8-4-15)14-27-20(29)25-12-16-5-9-18(23)10-6-16/h3-10H,11-14H2,1-2H3,(H2,24,26,28)(H2,25,27,29). The SMILES string of the molecule is CC(C)(CNC(=S)NCc1ccc(F)cc1)CNC(=S)NCc1ccc(F)cc1. The minimum absolute atomic E-state index is 0.108. The maximum atomic E-state index is 12.9. The molecule has 8 heteroatoms. The van der Waals surface area contributed by atoms with Crippen LogP contribution in [0.3, 0.4) is 0 Å². The molecule has 0 amide bonds. The molecule has 2 aromatic carbocycles. The van der Waals surface area contributed by atoms with Crippen molar-refractivity contribution in [2.24, 2.45) is 5.41 Å². The molecule has 0 saturated carbocycles. The molecule has 4 nitrogen and oxygen atoms in total. The maximum Gasteiger partial charge on any atom is 0.166 e. The molecule has 0 radical (unpaired) electrons. The minimum atomic E-state index is -0.256. The van der Waals surface area contributed by atoms with Gasteiger partial charge in [0.05, 0.1) is 0 Å². The first kappa shape index (κ1) is 23.0. The van der Waals surface area contributed by atoms with Gasteiger partial charge in [0.2, 0.25) is 0 Å². The lowest BCUT2D eigenvalue weighted by molar-refractivity contribution is 0.359. The molecule has 0 aromatic heterocycles. The molecule has 0 spiro atoms. The zero-order valence-corrected chi connectivity index (χ0v) is 18.2. The lowest BCUT2D eigenvalue weighted by Gasteiger charge is -2.27. The van der Waals surface area contributed by atoms with E-state index in [1.807, 2.05) is 0 Å². The predicted octanol–water partition coefficient (Wildman–Crippen LogP) is 3.62. The van der Waals surface area contributed by atoms with Crippen molar-refractivity contribution in [2.45, 2.75) is 26.9 Å². The molecule has 0 unspecified atom stereocenters. The van der Waals surface area contributed by atoms with Crippen LogP contribution in [0, 0.1) is 17.0 Å². The molecular formula is C21H26F2N4S2. The van der Waals surface area contributed by atoms with Crippen molar-refractivity contribution in [3.8, 4) is 0 Å². The summed E-state index contributed by atoms with van der Waals surface area (Å²) in [5, 5.41) is 13.7. The summed E-state index contributed by atoms with van der Waals surface area (Å²) < 4.78 is 25.8. The fourth-order valence-electron chi connectivity index (χ4n) is 2.40. The zero-order valence-electron chi connectivity index (χ0n) is 16.5. The van der Waals surface area contributed by atoms with Gasteiger partial charge in [-0.3, -0.25) is 0 Å². The van der Waals surface area contributed by atoms with Crippen molar-refractivity contribution in [1.82, 2.24) is 21.3 Å². The summed E-state index contributed by atoms with van der Waals surface area (Å²) in [5.74, 6) is -0.512. The van der Waals surface area contributed by atoms with Crippen LogP contribution in [0.25, 0.3) is 0 Å². The molecule has 0 atom stereocenters. The summed E-state index contributed by atoms with van der Waals surface area (Å²) in [6.07, 6.45) is 0. The van der Waals surface area contributed by atoms with Crippen molar-refractivity contribution in [3.05, 3.63) is 71.3 Å². The largest absolute Gasteiger partial charge is 0.362 e. The average Bonchev–Trinajstić information content (AvgIpc) is 2.70. The number of rotatable bonds is 8. The first-order valence-electron chi connectivity index (χ1n) is 9.26. The summed E-state index contributed by atoms with van der Waals surface area (Å²) >= 11 is 10.6. The van der Waals surface area contributed by atoms with E-state index in [2.05, 4.69) is 35.1 Å². The monoisotopic (exact) mass is 436 g/mol. The Balaban J connectivity index is 1.64. The van der Waals surface area contributed by atoms with Gasteiger partial charge in [0.25, 0.3) is 0 Å². The van der Waals surface area contributed by atoms with Crippen LogP contribution >= 0.6 is 24.4 Å². The fourth-order valence-corrected chi connectivity index (χ4v) is 2.68. The van der Waals surface area contributed by atoms with Crippen molar-refractivity contribution in [2.75, 3.05) is 13.1 Å². The van der Waals surface area contributed by atoms with E-state index >= 15 is 0 Å². The van der Waals surface area contributed by atoms with Crippen LogP contribution in [0.5, 0.6) is 0 Å². The van der Waals surface area contributed by atoms with Gasteiger partial charge in [-0.25, -0.2) is 8.78 Å². The third kappa shape index (κ3) is 9.15. The predicted molar refractivity (Wildman–Crippen MR) is 121 cm³/mol. The summed E-state index contributed by atoms with van der Waals surface area (Å²) in [7, 11) is 0. The van der Waals surface area contributed by atoms with Crippen molar-refractivity contribution < 1.29 is 8.78 Å². The molecule has 4 N–H and O–H groups in total. The second-order valence-electron chi connectivity index (χ2n) is 7.49. The van der Waals surface area contributed by atoms with Crippen LogP contribution in [0.15, 0.2) is 48.5 Å². The Morgan fingerprint density at radius 3 is 1.38 bits per heavy atom. The highest BCUT2D eigenvalue weighted by Crippen LogP contribution is 2.11. The second kappa shape index (κ2) is 11.0. The Hall–Kier alpha value is -2.32. The summed E-state index contributed by atoms with van der Waals surface area (Å²) in [6.45, 7) is 6.55. The molecule has 2 aromatic rings. The number of hydrogen-bond donors (Lipinski definition) is 4. The van der Waals surface area contributed by atoms with E-state index in [4.69, 9.17) is 24.4 Å². The highest BCUT2D eigenvalue weighted by Gasteiger charge is 2.18. The van der Waals surface area contributed by atoms with Crippen molar-refractivity contribution >= 4 is 34.7 Å². The Morgan fingerprint density at radius 2 is 1.03 bits per heavy atom. The normalized spacial score (nSPS) is 10.9. The summed E-state index contributed by atoms with van der Waals surface area (Å²) in [5.41, 5.74) is 1.80. The third-order valence-corrected chi connectivity index (χ3v) is 4.77. The molecule has 0 aliphatic rings. The maximum absolute atomic E-state index is 12.9. The van der Waals surface area contributed by atoms with Gasteiger partial charge < -0.3 is 21.3 Å². The van der Waals surface area contributed by atoms with Gasteiger partial charge in [0.15, 0.2) is 10.2 Å². The molecule has 0 aliphatic carbocycles. The van der Waals surface area contributed by atoms with Gasteiger partial charge in [-0.1, -0.05) is 38.1 Å². The van der Waals surface area contributed by atoms with Crippen LogP contribution in [-0.4, -0.2) is 23.3 Å². The van der Waals surface area contributed by atoms with Gasteiger partial charge in [-0.2, -0.15) is 0 Å². The highest BCUT2D eigenvalue weighted by molar-refractivity contribution is 7.80. The molecular weight excluding hydrogens is 410 g/mol. The summed E-state index contributed by atoms with van der Waals surface area (Å²) in [6, 6.07) is 12.6. The molecule has 0 saturated heterocycles. The molecule has 0 fully saturated rings. The van der Waals surface area contributed by atoms with E-state index in [0.717, 1.165) is 11.1 Å². The van der Waals surface area contributed by atoms with Crippen molar-refractivity contribution in [3.63, 3.8) is 0 Å². The van der Waals surface area contributed by atoms with Gasteiger partial charge >= 0.3 is 0 Å². The number of nitrogens with one attached hydrogen (secondary N) is 4. The van der Waals surface area contributed by atoms with Crippen molar-refractivity contribution in [1.29, 1.82) is 0 Å². The van der Waals surface area contributed by atoms with Crippen LogP contribution in [0.4, 0.5) is 8.78 Å². The Morgan fingerprint density at radius 1 is 0.690 bits per heavy atom. The van der Waals surface area contributed by atoms with E-state index in [1.165, 1.54) is 24.3 Å². The second-order valence-corrected chi connectivity index (χ2v) is 8.31. The van der Waals surface area contributed by atoms with Gasteiger partial charge in [0.1, 0.15) is 11.6 Å². The van der Waals surface area contributed by atoms with Crippen LogP contribution in [0.2, 0.25) is 0 Å². The van der Waals surface area contributed by atoms with Crippen LogP contribution in [-0.2, 0) is 13.1 Å². The van der Waals surface area contributed by atoms with Gasteiger partial charge in [0, 0.05) is 26.2 Å². The lowest BCUT2D eigenvalue weighted by atomic mass is 9.93. The van der Waals surface area contributed by atoms with E-state index in [1.54, 1.807) is 24.3 Å². The molecule has 2 rings (SSSR count). The van der Waals surface area contributed by atoms with Gasteiger partial charge in [-0.05, 0) is 65.2 Å². The van der Waals surface area contributed by atoms with E-state index in [0.29, 0.717) is 36.4 Å². The van der Waals surface area contributed by atoms with Crippen LogP contribution < -0.4 is 21.3 Å². The quantitative estimate of drug-likeness (QED) is 0.474. The number of halogens is 2. The lowest BCUT2D eigenvalue weighted by Crippen LogP contribution is -2.46. The van der Waals surface area contributed by atoms with Crippen LogP contribution in [0.1, 0.15) is 25.0 Å². The molecule has 0 bridgehead atoms. The Bertz CT molecular complexity index is 741. The first-order chi connectivity index (χ1) is 13.7. The average molecular weight is 437 g/mol. The fraction of sp³-hybridized carbons (Fsp3) is 0.333. The minimum Gasteiger partial charge on any atom is -0.362 e. The zero-order chi connectivity index (χ0) is 21.3. The smallest absolute Gasteiger partial charge is 0.166 e. The number of benzene rings is 2. The van der Waals surface area contributed by atoms with E-state index in [-0.39, 0.29) is 17.0 Å². The van der Waals surface area contributed by atoms with Gasteiger partial charge in [-0.15, -0.1) is 0 Å². The molecule has 0 aliphatic heterocycles. The number of hydrogen-bond acceptors (Lipinski definition) is 2. The number of thiocarbonyl (C=S) groups is 2. The molecule has 0 heterocycles. The first-order valence-corrected chi connectivity index (χ1v) is 10.1. The highest BCUT2D eigenvalue weighted by atomic mass is 32.1. The van der Waals surface area contributed by atoms with E-state index < -0.39 is 0 Å². The van der Waals surface area contributed by atoms with E-state index in [9.17, 15) is 8.78 Å². The Kier molecular flexibility index (Phi) is 8.72. The topological polar surface area (TPSA) is 48.1 Å².